The van der Waals surface area contributed by atoms with Crippen molar-refractivity contribution in [2.75, 3.05) is 0 Å². The van der Waals surface area contributed by atoms with Crippen molar-refractivity contribution < 1.29 is 4.39 Å². The maximum Gasteiger partial charge on any atom is 0.152 e. The van der Waals surface area contributed by atoms with E-state index in [0.717, 1.165) is 12.4 Å². The fraction of sp³-hybridized carbons (Fsp3) is 0.357. The summed E-state index contributed by atoms with van der Waals surface area (Å²) in [5, 5.41) is 7.71. The van der Waals surface area contributed by atoms with E-state index in [0.29, 0.717) is 23.4 Å². The fourth-order valence-electron chi connectivity index (χ4n) is 2.41. The number of benzene rings is 1. The minimum atomic E-state index is -0.346. The summed E-state index contributed by atoms with van der Waals surface area (Å²) in [5.41, 5.74) is 1.05. The molecule has 0 N–H and O–H groups in total. The predicted octanol–water partition coefficient (Wildman–Crippen LogP) is 3.13. The number of fused-ring (bicyclic) bond motifs is 1. The van der Waals surface area contributed by atoms with Crippen molar-refractivity contribution >= 4 is 22.6 Å². The lowest BCUT2D eigenvalue weighted by Gasteiger charge is -2.10. The summed E-state index contributed by atoms with van der Waals surface area (Å²) in [4.78, 5) is 4.35. The largest absolute Gasteiger partial charge is 0.319 e. The molecule has 2 heterocycles. The molecular formula is C14H15ClFN5. The van der Waals surface area contributed by atoms with E-state index in [9.17, 15) is 4.39 Å². The van der Waals surface area contributed by atoms with Gasteiger partial charge in [0.1, 0.15) is 17.7 Å². The number of nitrogens with zero attached hydrogens (tertiary/aromatic N) is 5. The molecule has 0 fully saturated rings. The third-order valence-corrected chi connectivity index (χ3v) is 3.65. The molecule has 1 atom stereocenters. The van der Waals surface area contributed by atoms with Crippen molar-refractivity contribution in [1.82, 2.24) is 24.3 Å². The van der Waals surface area contributed by atoms with Crippen molar-refractivity contribution in [3.63, 3.8) is 0 Å². The quantitative estimate of drug-likeness (QED) is 0.696. The van der Waals surface area contributed by atoms with E-state index in [2.05, 4.69) is 15.2 Å². The van der Waals surface area contributed by atoms with E-state index in [1.807, 2.05) is 29.0 Å². The van der Waals surface area contributed by atoms with Crippen molar-refractivity contribution in [1.29, 1.82) is 0 Å². The predicted molar refractivity (Wildman–Crippen MR) is 78.8 cm³/mol. The molecule has 0 saturated heterocycles. The summed E-state index contributed by atoms with van der Waals surface area (Å²) < 4.78 is 17.7. The molecule has 7 heteroatoms. The molecule has 21 heavy (non-hydrogen) atoms. The lowest BCUT2D eigenvalue weighted by atomic mass is 10.3. The van der Waals surface area contributed by atoms with Crippen LogP contribution in [0.4, 0.5) is 4.39 Å². The minimum Gasteiger partial charge on any atom is -0.319 e. The van der Waals surface area contributed by atoms with Gasteiger partial charge in [-0.2, -0.15) is 0 Å². The SMILES string of the molecule is CCn1cnnc1Cn1c(C(C)Cl)nc2c(F)cccc21. The van der Waals surface area contributed by atoms with E-state index in [-0.39, 0.29) is 11.2 Å². The Balaban J connectivity index is 2.16. The summed E-state index contributed by atoms with van der Waals surface area (Å²) in [6.45, 7) is 5.07. The molecule has 0 amide bonds. The summed E-state index contributed by atoms with van der Waals surface area (Å²) in [6.07, 6.45) is 1.68. The second kappa shape index (κ2) is 5.44. The third-order valence-electron chi connectivity index (χ3n) is 3.45. The molecule has 2 aromatic heterocycles. The smallest absolute Gasteiger partial charge is 0.152 e. The van der Waals surface area contributed by atoms with Gasteiger partial charge in [0, 0.05) is 6.54 Å². The zero-order valence-corrected chi connectivity index (χ0v) is 12.5. The highest BCUT2D eigenvalue weighted by Gasteiger charge is 2.18. The maximum absolute atomic E-state index is 13.9. The molecule has 0 aliphatic carbocycles. The Labute approximate surface area is 126 Å². The Morgan fingerprint density at radius 3 is 2.90 bits per heavy atom. The molecule has 3 rings (SSSR count). The van der Waals surface area contributed by atoms with Crippen LogP contribution >= 0.6 is 11.6 Å². The highest BCUT2D eigenvalue weighted by atomic mass is 35.5. The van der Waals surface area contributed by atoms with Crippen LogP contribution in [0.1, 0.15) is 30.9 Å². The van der Waals surface area contributed by atoms with Crippen molar-refractivity contribution in [3.05, 3.63) is 42.0 Å². The summed E-state index contributed by atoms with van der Waals surface area (Å²) in [7, 11) is 0. The number of hydrogen-bond acceptors (Lipinski definition) is 3. The summed E-state index contributed by atoms with van der Waals surface area (Å²) >= 11 is 6.20. The average molecular weight is 308 g/mol. The van der Waals surface area contributed by atoms with Crippen LogP contribution in [-0.4, -0.2) is 24.3 Å². The molecule has 110 valence electrons. The summed E-state index contributed by atoms with van der Waals surface area (Å²) in [5.74, 6) is 1.07. The first-order valence-electron chi connectivity index (χ1n) is 6.77. The van der Waals surface area contributed by atoms with Crippen molar-refractivity contribution in [2.45, 2.75) is 32.3 Å². The summed E-state index contributed by atoms with van der Waals surface area (Å²) in [6, 6.07) is 4.90. The molecule has 0 bridgehead atoms. The van der Waals surface area contributed by atoms with E-state index >= 15 is 0 Å². The van der Waals surface area contributed by atoms with Gasteiger partial charge in [0.25, 0.3) is 0 Å². The topological polar surface area (TPSA) is 48.5 Å². The van der Waals surface area contributed by atoms with Crippen LogP contribution in [0.5, 0.6) is 0 Å². The zero-order valence-electron chi connectivity index (χ0n) is 11.8. The number of para-hydroxylation sites is 1. The molecule has 3 aromatic rings. The van der Waals surface area contributed by atoms with Crippen LogP contribution in [0.2, 0.25) is 0 Å². The van der Waals surface area contributed by atoms with Gasteiger partial charge in [0.15, 0.2) is 11.6 Å². The van der Waals surface area contributed by atoms with Gasteiger partial charge >= 0.3 is 0 Å². The molecule has 0 radical (unpaired) electrons. The zero-order chi connectivity index (χ0) is 15.0. The van der Waals surface area contributed by atoms with Gasteiger partial charge in [-0.3, -0.25) is 0 Å². The van der Waals surface area contributed by atoms with Crippen LogP contribution in [0.3, 0.4) is 0 Å². The Kier molecular flexibility index (Phi) is 3.63. The highest BCUT2D eigenvalue weighted by Crippen LogP contribution is 2.26. The fourth-order valence-corrected chi connectivity index (χ4v) is 2.57. The van der Waals surface area contributed by atoms with E-state index < -0.39 is 0 Å². The van der Waals surface area contributed by atoms with E-state index in [1.54, 1.807) is 12.4 Å². The molecule has 1 aromatic carbocycles. The van der Waals surface area contributed by atoms with Crippen molar-refractivity contribution in [3.8, 4) is 0 Å². The monoisotopic (exact) mass is 307 g/mol. The van der Waals surface area contributed by atoms with Crippen LogP contribution in [0.25, 0.3) is 11.0 Å². The molecule has 0 saturated carbocycles. The minimum absolute atomic E-state index is 0.324. The lowest BCUT2D eigenvalue weighted by Crippen LogP contribution is -2.10. The molecule has 1 unspecified atom stereocenters. The van der Waals surface area contributed by atoms with Gasteiger partial charge < -0.3 is 9.13 Å². The van der Waals surface area contributed by atoms with Crippen LogP contribution < -0.4 is 0 Å². The maximum atomic E-state index is 13.9. The van der Waals surface area contributed by atoms with Crippen LogP contribution in [-0.2, 0) is 13.1 Å². The Hall–Kier alpha value is -1.95. The Morgan fingerprint density at radius 2 is 2.19 bits per heavy atom. The first-order valence-corrected chi connectivity index (χ1v) is 7.20. The van der Waals surface area contributed by atoms with Crippen LogP contribution in [0.15, 0.2) is 24.5 Å². The Bertz CT molecular complexity index is 777. The molecule has 0 spiro atoms. The first-order chi connectivity index (χ1) is 10.1. The number of aromatic nitrogens is 5. The van der Waals surface area contributed by atoms with Gasteiger partial charge in [0.2, 0.25) is 0 Å². The second-order valence-corrected chi connectivity index (χ2v) is 5.47. The molecular weight excluding hydrogens is 293 g/mol. The lowest BCUT2D eigenvalue weighted by molar-refractivity contribution is 0.637. The standard InChI is InChI=1S/C14H15ClFN5/c1-3-20-8-17-19-12(20)7-21-11-6-4-5-10(16)13(11)18-14(21)9(2)15/h4-6,8-9H,3,7H2,1-2H3. The third kappa shape index (κ3) is 2.40. The first kappa shape index (κ1) is 14.0. The molecule has 5 nitrogen and oxygen atoms in total. The van der Waals surface area contributed by atoms with Gasteiger partial charge in [-0.25, -0.2) is 9.37 Å². The number of alkyl halides is 1. The second-order valence-electron chi connectivity index (χ2n) is 4.81. The van der Waals surface area contributed by atoms with Gasteiger partial charge in [0.05, 0.1) is 17.4 Å². The number of halogens is 2. The number of aryl methyl sites for hydroxylation is 1. The van der Waals surface area contributed by atoms with Gasteiger partial charge in [-0.05, 0) is 26.0 Å². The highest BCUT2D eigenvalue weighted by molar-refractivity contribution is 6.20. The molecule has 0 aliphatic rings. The van der Waals surface area contributed by atoms with E-state index in [1.165, 1.54) is 6.07 Å². The number of hydrogen-bond donors (Lipinski definition) is 0. The average Bonchev–Trinajstić information content (AvgIpc) is 3.05. The Morgan fingerprint density at radius 1 is 1.38 bits per heavy atom. The van der Waals surface area contributed by atoms with Crippen molar-refractivity contribution in [2.24, 2.45) is 0 Å². The molecule has 0 aliphatic heterocycles. The normalized spacial score (nSPS) is 13.0. The van der Waals surface area contributed by atoms with Crippen LogP contribution in [0, 0.1) is 5.82 Å². The van der Waals surface area contributed by atoms with Gasteiger partial charge in [-0.1, -0.05) is 6.07 Å². The van der Waals surface area contributed by atoms with E-state index in [4.69, 9.17) is 11.6 Å². The number of rotatable bonds is 4. The van der Waals surface area contributed by atoms with Gasteiger partial charge in [-0.15, -0.1) is 21.8 Å². The number of imidazole rings is 1.